The number of rotatable bonds is 17. The van der Waals surface area contributed by atoms with E-state index in [2.05, 4.69) is 14.9 Å². The molecule has 294 valence electrons. The number of hydrogen-bond donors (Lipinski definition) is 2. The van der Waals surface area contributed by atoms with Gasteiger partial charge in [-0.2, -0.15) is 10.1 Å². The second kappa shape index (κ2) is 21.0. The number of hydrazine groups is 1. The van der Waals surface area contributed by atoms with Gasteiger partial charge in [0, 0.05) is 19.1 Å². The van der Waals surface area contributed by atoms with Gasteiger partial charge in [0.1, 0.15) is 6.10 Å². The predicted molar refractivity (Wildman–Crippen MR) is 202 cm³/mol. The lowest BCUT2D eigenvalue weighted by atomic mass is 9.98. The van der Waals surface area contributed by atoms with E-state index in [0.717, 1.165) is 29.5 Å². The van der Waals surface area contributed by atoms with Crippen LogP contribution in [0.4, 0.5) is 0 Å². The quantitative estimate of drug-likeness (QED) is 0.0137. The number of imidazole rings is 1. The number of fused-ring (bicyclic) bond motifs is 1. The second-order valence-corrected chi connectivity index (χ2v) is 12.4. The summed E-state index contributed by atoms with van der Waals surface area (Å²) in [7, 11) is 1.45. The topological polar surface area (TPSA) is 226 Å². The van der Waals surface area contributed by atoms with Gasteiger partial charge in [-0.25, -0.2) is 10.6 Å². The van der Waals surface area contributed by atoms with Gasteiger partial charge in [-0.15, -0.1) is 15.2 Å². The van der Waals surface area contributed by atoms with E-state index in [4.69, 9.17) is 30.5 Å². The minimum absolute atomic E-state index is 0.00511. The highest BCUT2D eigenvalue weighted by molar-refractivity contribution is 6.04. The molecule has 4 N–H and O–H groups in total. The van der Waals surface area contributed by atoms with Crippen molar-refractivity contribution in [3.8, 4) is 17.1 Å². The zero-order valence-electron chi connectivity index (χ0n) is 31.1. The fraction of sp³-hybridized carbons (Fsp3) is 0.395. The van der Waals surface area contributed by atoms with Crippen LogP contribution in [0, 0.1) is 10.1 Å². The van der Waals surface area contributed by atoms with Crippen molar-refractivity contribution in [3.63, 3.8) is 0 Å². The maximum Gasteiger partial charge on any atom is 0.342 e. The Labute approximate surface area is 318 Å². The number of carbonyl (C=O) groups excluding carboxylic acids is 3. The van der Waals surface area contributed by atoms with E-state index in [1.165, 1.54) is 26.4 Å². The van der Waals surface area contributed by atoms with E-state index >= 15 is 0 Å². The van der Waals surface area contributed by atoms with E-state index in [-0.39, 0.29) is 31.4 Å². The Kier molecular flexibility index (Phi) is 15.9. The molecule has 3 aromatic carbocycles. The Morgan fingerprint density at radius 1 is 1.07 bits per heavy atom. The van der Waals surface area contributed by atoms with Crippen molar-refractivity contribution in [1.29, 1.82) is 0 Å². The third-order valence-corrected chi connectivity index (χ3v) is 8.64. The third kappa shape index (κ3) is 12.0. The number of nitrogens with two attached hydrogens (primary N) is 2. The maximum atomic E-state index is 13.0. The van der Waals surface area contributed by atoms with Gasteiger partial charge in [0.15, 0.2) is 12.1 Å². The van der Waals surface area contributed by atoms with E-state index in [9.17, 15) is 24.5 Å². The number of ether oxygens (including phenoxy) is 4. The normalized spacial score (nSPS) is 13.6. The van der Waals surface area contributed by atoms with E-state index < -0.39 is 23.3 Å². The molecule has 1 unspecified atom stereocenters. The van der Waals surface area contributed by atoms with Crippen LogP contribution in [0.3, 0.4) is 0 Å². The highest BCUT2D eigenvalue weighted by Crippen LogP contribution is 2.29. The molecule has 17 heteroatoms. The van der Waals surface area contributed by atoms with Crippen LogP contribution in [0.15, 0.2) is 71.8 Å². The average molecular weight is 762 g/mol. The van der Waals surface area contributed by atoms with Crippen LogP contribution < -0.4 is 16.3 Å². The first-order chi connectivity index (χ1) is 26.6. The molecule has 1 aromatic heterocycles. The molecule has 0 aliphatic heterocycles. The van der Waals surface area contributed by atoms with Gasteiger partial charge in [0.05, 0.1) is 36.4 Å². The summed E-state index contributed by atoms with van der Waals surface area (Å²) in [6.07, 6.45) is 5.36. The molecule has 1 fully saturated rings. The number of carbonyl (C=O) groups is 3. The zero-order valence-corrected chi connectivity index (χ0v) is 31.1. The van der Waals surface area contributed by atoms with Gasteiger partial charge in [-0.1, -0.05) is 61.0 Å². The van der Waals surface area contributed by atoms with E-state index in [1.54, 1.807) is 37.3 Å². The van der Waals surface area contributed by atoms with Crippen LogP contribution in [-0.4, -0.2) is 76.7 Å². The molecule has 1 aliphatic carbocycles. The van der Waals surface area contributed by atoms with Gasteiger partial charge in [-0.05, 0) is 74.8 Å². The van der Waals surface area contributed by atoms with Crippen molar-refractivity contribution in [2.24, 2.45) is 16.7 Å². The van der Waals surface area contributed by atoms with E-state index in [0.29, 0.717) is 52.9 Å². The van der Waals surface area contributed by atoms with Gasteiger partial charge >= 0.3 is 5.97 Å². The lowest BCUT2D eigenvalue weighted by Crippen LogP contribution is -2.35. The van der Waals surface area contributed by atoms with Crippen molar-refractivity contribution >= 4 is 35.2 Å². The Bertz CT molecular complexity index is 1930. The number of amidine groups is 1. The Morgan fingerprint density at radius 3 is 2.45 bits per heavy atom. The molecule has 1 amide bonds. The first-order valence-electron chi connectivity index (χ1n) is 17.9. The molecule has 0 bridgehead atoms. The molecule has 1 heterocycles. The van der Waals surface area contributed by atoms with Crippen LogP contribution in [0.1, 0.15) is 80.3 Å². The molecule has 1 atom stereocenters. The van der Waals surface area contributed by atoms with Gasteiger partial charge in [0.25, 0.3) is 23.5 Å². The molecular formula is C38H47N7O10. The molecule has 5 rings (SSSR count). The number of hydrazone groups is 1. The number of amides is 1. The van der Waals surface area contributed by atoms with Crippen LogP contribution >= 0.6 is 0 Å². The molecule has 17 nitrogen and oxygen atoms in total. The smallest absolute Gasteiger partial charge is 0.342 e. The summed E-state index contributed by atoms with van der Waals surface area (Å²) < 4.78 is 23.0. The van der Waals surface area contributed by atoms with Crippen molar-refractivity contribution in [1.82, 2.24) is 14.7 Å². The fourth-order valence-electron chi connectivity index (χ4n) is 5.89. The first-order valence-corrected chi connectivity index (χ1v) is 17.9. The summed E-state index contributed by atoms with van der Waals surface area (Å²) in [5.41, 5.74) is 10.8. The molecule has 0 radical (unpaired) electrons. The molecule has 4 aromatic rings. The second-order valence-electron chi connectivity index (χ2n) is 12.4. The van der Waals surface area contributed by atoms with Crippen molar-refractivity contribution in [2.75, 3.05) is 20.3 Å². The number of methoxy groups -OCH3 is 1. The lowest BCUT2D eigenvalue weighted by Gasteiger charge is -2.18. The highest BCUT2D eigenvalue weighted by Gasteiger charge is 2.22. The van der Waals surface area contributed by atoms with Crippen molar-refractivity contribution in [2.45, 2.75) is 77.7 Å². The number of nitrogens with zero attached hydrogens (tertiary/aromatic N) is 5. The monoisotopic (exact) mass is 761 g/mol. The third-order valence-electron chi connectivity index (χ3n) is 8.64. The number of aromatic nitrogens is 2. The minimum Gasteiger partial charge on any atom is -0.465 e. The molecule has 1 saturated carbocycles. The molecular weight excluding hydrogens is 714 g/mol. The van der Waals surface area contributed by atoms with Crippen LogP contribution in [-0.2, 0) is 35.2 Å². The summed E-state index contributed by atoms with van der Waals surface area (Å²) in [5, 5.41) is 14.0. The molecule has 0 saturated heterocycles. The van der Waals surface area contributed by atoms with E-state index in [1.807, 2.05) is 47.9 Å². The molecule has 55 heavy (non-hydrogen) atoms. The summed E-state index contributed by atoms with van der Waals surface area (Å²) in [6, 6.07) is 20.5. The average Bonchev–Trinajstić information content (AvgIpc) is 3.53. The summed E-state index contributed by atoms with van der Waals surface area (Å²) >= 11 is 0. The van der Waals surface area contributed by atoms with Gasteiger partial charge in [-0.3, -0.25) is 14.2 Å². The number of hydrogen-bond acceptors (Lipinski definition) is 13. The number of esters is 1. The SMILES string of the molecule is CCOc1nc2cccc(C(=O)OC(C)OC)c2n1Cc1ccc(-c2ccccc2/C(N)=N/N(N)C(=O)CCCO[N+](=O)[O-])cc1.O=COC1CCCCC1. The number of benzene rings is 3. The largest absolute Gasteiger partial charge is 0.465 e. The van der Waals surface area contributed by atoms with Crippen LogP contribution in [0.2, 0.25) is 0 Å². The summed E-state index contributed by atoms with van der Waals surface area (Å²) in [5.74, 6) is 4.67. The van der Waals surface area contributed by atoms with Crippen LogP contribution in [0.25, 0.3) is 22.2 Å². The Hall–Kier alpha value is -6.07. The van der Waals surface area contributed by atoms with Gasteiger partial charge < -0.3 is 29.5 Å². The highest BCUT2D eigenvalue weighted by atomic mass is 16.9. The van der Waals surface area contributed by atoms with Crippen molar-refractivity contribution in [3.05, 3.63) is 93.5 Å². The summed E-state index contributed by atoms with van der Waals surface area (Å²) in [6.45, 7) is 4.54. The lowest BCUT2D eigenvalue weighted by molar-refractivity contribution is -0.757. The standard InChI is InChI=1S/C31H35N7O8.C7H12O2/c1-4-44-31-34-26-12-7-11-25(30(40)46-20(2)43-3)28(26)36(31)19-21-14-16-22(17-15-21)23-9-5-6-10-24(23)29(32)35-37(33)27(39)13-8-18-45-38(41)42;8-6-9-7-4-2-1-3-5-7/h5-7,9-12,14-17,20H,4,8,13,18-19,33H2,1-3H3,(H2,32,35);6-7H,1-5H2. The predicted octanol–water partition coefficient (Wildman–Crippen LogP) is 5.10. The first kappa shape index (κ1) is 41.7. The number of para-hydroxylation sites is 1. The Balaban J connectivity index is 0.000000654. The van der Waals surface area contributed by atoms with Crippen molar-refractivity contribution < 1.29 is 43.3 Å². The molecule has 1 aliphatic rings. The van der Waals surface area contributed by atoms with Gasteiger partial charge in [0.2, 0.25) is 0 Å². The fourth-order valence-corrected chi connectivity index (χ4v) is 5.89. The Morgan fingerprint density at radius 2 is 1.78 bits per heavy atom. The molecule has 0 spiro atoms. The zero-order chi connectivity index (χ0) is 39.7. The minimum atomic E-state index is -0.929. The maximum absolute atomic E-state index is 13.0. The summed E-state index contributed by atoms with van der Waals surface area (Å²) in [4.78, 5) is 54.3. The van der Waals surface area contributed by atoms with Crippen LogP contribution in [0.5, 0.6) is 6.01 Å².